The van der Waals surface area contributed by atoms with Crippen LogP contribution in [0.1, 0.15) is 40.5 Å². The number of hydrogen-bond donors (Lipinski definition) is 1. The van der Waals surface area contributed by atoms with Crippen LogP contribution in [0.4, 0.5) is 0 Å². The number of rotatable bonds is 0. The van der Waals surface area contributed by atoms with Gasteiger partial charge in [0.15, 0.2) is 16.4 Å². The zero-order chi connectivity index (χ0) is 16.0. The van der Waals surface area contributed by atoms with Gasteiger partial charge in [0.05, 0.1) is 11.0 Å². The minimum absolute atomic E-state index is 0.103. The molecule has 1 N–H and O–H groups in total. The number of ketones is 1. The van der Waals surface area contributed by atoms with E-state index in [1.165, 1.54) is 0 Å². The average molecular weight is 445 g/mol. The number of carbonyl (C=O) groups is 1. The fraction of sp³-hybridized carbons (Fsp3) is 0.933. The molecule has 1 spiro atoms. The van der Waals surface area contributed by atoms with Crippen LogP contribution in [0.2, 0.25) is 0 Å². The fourth-order valence-corrected chi connectivity index (χ4v) is 6.63. The van der Waals surface area contributed by atoms with Gasteiger partial charge in [-0.2, -0.15) is 0 Å². The molecule has 6 heteroatoms. The second kappa shape index (κ2) is 4.47. The Bertz CT molecular complexity index is 509. The first-order chi connectivity index (χ1) is 9.42. The summed E-state index contributed by atoms with van der Waals surface area (Å²) in [5.41, 5.74) is -0.702. The molecule has 120 valence electrons. The first-order valence-corrected chi connectivity index (χ1v) is 9.42. The summed E-state index contributed by atoms with van der Waals surface area (Å²) in [5, 5.41) is 10.5. The molecule has 21 heavy (non-hydrogen) atoms. The molecule has 2 bridgehead atoms. The topological polar surface area (TPSA) is 46.5 Å². The Morgan fingerprint density at radius 1 is 1.33 bits per heavy atom. The summed E-state index contributed by atoms with van der Waals surface area (Å²) in [6.45, 7) is 8.11. The second-order valence-corrected chi connectivity index (χ2v) is 10.7. The zero-order valence-corrected chi connectivity index (χ0v) is 16.5. The summed E-state index contributed by atoms with van der Waals surface area (Å²) in [4.78, 5) is 12.3. The molecule has 3 rings (SSSR count). The zero-order valence-electron chi connectivity index (χ0n) is 12.6. The first-order valence-electron chi connectivity index (χ1n) is 7.33. The van der Waals surface area contributed by atoms with E-state index >= 15 is 0 Å². The Hall–Kier alpha value is 0.840. The molecule has 3 aliphatic rings. The van der Waals surface area contributed by atoms with Crippen LogP contribution in [0.5, 0.6) is 0 Å². The van der Waals surface area contributed by atoms with E-state index in [9.17, 15) is 9.90 Å². The highest BCUT2D eigenvalue weighted by Gasteiger charge is 2.79. The normalized spacial score (nSPS) is 59.0. The van der Waals surface area contributed by atoms with E-state index in [2.05, 4.69) is 45.7 Å². The Morgan fingerprint density at radius 3 is 2.48 bits per heavy atom. The third-order valence-corrected chi connectivity index (χ3v) is 10.1. The van der Waals surface area contributed by atoms with Crippen molar-refractivity contribution in [3.05, 3.63) is 0 Å². The minimum Gasteiger partial charge on any atom is -0.381 e. The van der Waals surface area contributed by atoms with Crippen molar-refractivity contribution in [2.45, 2.75) is 67.0 Å². The summed E-state index contributed by atoms with van der Waals surface area (Å²) in [6.07, 6.45) is 0.136. The number of aliphatic hydroxyl groups excluding tert-OH is 1. The van der Waals surface area contributed by atoms with Crippen molar-refractivity contribution in [2.24, 2.45) is 16.7 Å². The number of fused-ring (bicyclic) bond motifs is 1. The van der Waals surface area contributed by atoms with Crippen LogP contribution < -0.4 is 0 Å². The van der Waals surface area contributed by atoms with Crippen LogP contribution in [-0.4, -0.2) is 37.3 Å². The molecule has 0 aromatic rings. The molecule has 0 aromatic heterocycles. The van der Waals surface area contributed by atoms with Gasteiger partial charge in [0.2, 0.25) is 0 Å². The first kappa shape index (κ1) is 16.7. The number of halogens is 3. The molecule has 0 aromatic carbocycles. The molecule has 2 saturated carbocycles. The summed E-state index contributed by atoms with van der Waals surface area (Å²) >= 11 is 13.9. The number of Topliss-reactive ketones (excluding diaryl/α,β-unsaturated/α-hetero) is 1. The van der Waals surface area contributed by atoms with Crippen LogP contribution in [0.15, 0.2) is 0 Å². The fourth-order valence-electron chi connectivity index (χ4n) is 4.87. The lowest BCUT2D eigenvalue weighted by Gasteiger charge is -2.58. The Balaban J connectivity index is 2.19. The number of alkyl halides is 3. The van der Waals surface area contributed by atoms with E-state index in [4.69, 9.17) is 16.3 Å². The Morgan fingerprint density at radius 2 is 1.90 bits per heavy atom. The van der Waals surface area contributed by atoms with Crippen LogP contribution in [0.25, 0.3) is 0 Å². The Labute approximate surface area is 147 Å². The molecule has 3 unspecified atom stereocenters. The molecule has 3 nitrogen and oxygen atoms in total. The van der Waals surface area contributed by atoms with E-state index < -0.39 is 15.5 Å². The van der Waals surface area contributed by atoms with Crippen molar-refractivity contribution in [3.63, 3.8) is 0 Å². The average Bonchev–Trinajstić information content (AvgIpc) is 2.50. The predicted octanol–water partition coefficient (Wildman–Crippen LogP) is 3.62. The van der Waals surface area contributed by atoms with E-state index in [0.29, 0.717) is 6.42 Å². The van der Waals surface area contributed by atoms with Crippen LogP contribution in [0, 0.1) is 16.7 Å². The number of ether oxygens (including phenoxy) is 1. The van der Waals surface area contributed by atoms with Gasteiger partial charge in [-0.05, 0) is 19.8 Å². The van der Waals surface area contributed by atoms with Gasteiger partial charge in [-0.15, -0.1) is 11.6 Å². The predicted molar refractivity (Wildman–Crippen MR) is 89.1 cm³/mol. The standard InChI is InChI=1S/C15H21Br2ClO3/c1-7-10(19)11(20)15(17)12(2,3)14(7)5-8(16)13(4,18)6-9(14)21-15/h7-9,11,20H,5-6H2,1-4H3/t7-,8?,9?,11-,13?,14+,15+/m1/s1. The van der Waals surface area contributed by atoms with E-state index in [0.717, 1.165) is 6.42 Å². The molecule has 1 saturated heterocycles. The monoisotopic (exact) mass is 442 g/mol. The van der Waals surface area contributed by atoms with Crippen LogP contribution in [-0.2, 0) is 9.53 Å². The largest absolute Gasteiger partial charge is 0.381 e. The highest BCUT2D eigenvalue weighted by molar-refractivity contribution is 9.10. The highest BCUT2D eigenvalue weighted by Crippen LogP contribution is 2.73. The number of aliphatic hydroxyl groups is 1. The van der Waals surface area contributed by atoms with Gasteiger partial charge in [-0.1, -0.05) is 52.6 Å². The van der Waals surface area contributed by atoms with Crippen molar-refractivity contribution in [1.82, 2.24) is 0 Å². The van der Waals surface area contributed by atoms with Gasteiger partial charge in [-0.25, -0.2) is 0 Å². The lowest BCUT2D eigenvalue weighted by atomic mass is 9.47. The summed E-state index contributed by atoms with van der Waals surface area (Å²) in [5.74, 6) is -0.389. The molecule has 0 amide bonds. The highest BCUT2D eigenvalue weighted by atomic mass is 79.9. The van der Waals surface area contributed by atoms with Gasteiger partial charge in [0.1, 0.15) is 0 Å². The van der Waals surface area contributed by atoms with Gasteiger partial charge in [0, 0.05) is 21.6 Å². The molecule has 2 aliphatic carbocycles. The maximum atomic E-state index is 12.6. The van der Waals surface area contributed by atoms with Gasteiger partial charge in [-0.3, -0.25) is 4.79 Å². The maximum Gasteiger partial charge on any atom is 0.168 e. The third kappa shape index (κ3) is 1.71. The van der Waals surface area contributed by atoms with E-state index in [1.807, 2.05) is 13.8 Å². The SMILES string of the molecule is C[C@@H]1C(=O)[C@@H](O)[C@]2(Br)OC3CC(C)(Cl)C(Br)C[C@@]31C2(C)C. The molecule has 0 radical (unpaired) electrons. The van der Waals surface area contributed by atoms with E-state index in [-0.39, 0.29) is 33.5 Å². The smallest absolute Gasteiger partial charge is 0.168 e. The number of carbonyl (C=O) groups excluding carboxylic acids is 1. The third-order valence-electron chi connectivity index (χ3n) is 6.48. The van der Waals surface area contributed by atoms with Crippen LogP contribution >= 0.6 is 43.5 Å². The number of hydrogen-bond acceptors (Lipinski definition) is 3. The molecule has 3 fully saturated rings. The van der Waals surface area contributed by atoms with Gasteiger partial charge >= 0.3 is 0 Å². The van der Waals surface area contributed by atoms with Crippen molar-refractivity contribution in [2.75, 3.05) is 0 Å². The van der Waals surface area contributed by atoms with Crippen molar-refractivity contribution in [3.8, 4) is 0 Å². The molecular formula is C15H21Br2ClO3. The summed E-state index contributed by atoms with van der Waals surface area (Å²) in [6, 6.07) is 0. The summed E-state index contributed by atoms with van der Waals surface area (Å²) in [7, 11) is 0. The Kier molecular flexibility index (Phi) is 3.55. The quantitative estimate of drug-likeness (QED) is 0.581. The van der Waals surface area contributed by atoms with Crippen molar-refractivity contribution in [1.29, 1.82) is 0 Å². The molecular weight excluding hydrogens is 423 g/mol. The lowest BCUT2D eigenvalue weighted by molar-refractivity contribution is -0.159. The van der Waals surface area contributed by atoms with Gasteiger partial charge < -0.3 is 9.84 Å². The maximum absolute atomic E-state index is 12.6. The van der Waals surface area contributed by atoms with Crippen molar-refractivity contribution < 1.29 is 14.6 Å². The van der Waals surface area contributed by atoms with Crippen molar-refractivity contribution >= 4 is 49.2 Å². The van der Waals surface area contributed by atoms with Gasteiger partial charge in [0.25, 0.3) is 0 Å². The lowest BCUT2D eigenvalue weighted by Crippen LogP contribution is -2.66. The second-order valence-electron chi connectivity index (χ2n) is 7.60. The minimum atomic E-state index is -1.14. The molecule has 7 atom stereocenters. The van der Waals surface area contributed by atoms with E-state index in [1.54, 1.807) is 0 Å². The van der Waals surface area contributed by atoms with Crippen LogP contribution in [0.3, 0.4) is 0 Å². The molecule has 1 heterocycles. The summed E-state index contributed by atoms with van der Waals surface area (Å²) < 4.78 is 5.23. The molecule has 1 aliphatic heterocycles.